The van der Waals surface area contributed by atoms with Gasteiger partial charge in [-0.3, -0.25) is 9.35 Å². The topological polar surface area (TPSA) is 71.4 Å². The molecular formula is C9H12O4S. The van der Waals surface area contributed by atoms with Crippen molar-refractivity contribution in [2.24, 2.45) is 10.8 Å². The predicted molar refractivity (Wildman–Crippen MR) is 50.3 cm³/mol. The maximum absolute atomic E-state index is 11.6. The lowest BCUT2D eigenvalue weighted by atomic mass is 9.61. The van der Waals surface area contributed by atoms with Crippen molar-refractivity contribution in [1.29, 1.82) is 0 Å². The van der Waals surface area contributed by atoms with E-state index in [-0.39, 0.29) is 5.78 Å². The summed E-state index contributed by atoms with van der Waals surface area (Å²) in [4.78, 5) is 11.6. The maximum atomic E-state index is 11.6. The molecule has 0 saturated heterocycles. The Morgan fingerprint density at radius 1 is 1.50 bits per heavy atom. The standard InChI is InChI=1S/C9H12O4S/c1-8(2)3-6-4-9(8,7(6)10)5-14(11,12)13/h3H,4-5H2,1-2H3,(H,11,12,13). The van der Waals surface area contributed by atoms with Gasteiger partial charge in [-0.15, -0.1) is 0 Å². The number of hydrogen-bond acceptors (Lipinski definition) is 3. The van der Waals surface area contributed by atoms with Crippen LogP contribution in [0.15, 0.2) is 11.6 Å². The Morgan fingerprint density at radius 3 is 2.36 bits per heavy atom. The Bertz CT molecular complexity index is 443. The van der Waals surface area contributed by atoms with Crippen molar-refractivity contribution in [2.75, 3.05) is 5.75 Å². The Morgan fingerprint density at radius 2 is 2.07 bits per heavy atom. The molecule has 4 nitrogen and oxygen atoms in total. The van der Waals surface area contributed by atoms with Crippen molar-refractivity contribution in [3.05, 3.63) is 11.6 Å². The summed E-state index contributed by atoms with van der Waals surface area (Å²) in [6, 6.07) is 0. The van der Waals surface area contributed by atoms with E-state index in [0.717, 1.165) is 0 Å². The number of fused-ring (bicyclic) bond motifs is 1. The molecule has 1 atom stereocenters. The van der Waals surface area contributed by atoms with Crippen molar-refractivity contribution in [2.45, 2.75) is 20.3 Å². The first-order valence-electron chi connectivity index (χ1n) is 4.40. The molecule has 3 aliphatic rings. The van der Waals surface area contributed by atoms with Gasteiger partial charge in [0.2, 0.25) is 0 Å². The molecule has 0 radical (unpaired) electrons. The minimum atomic E-state index is -4.09. The molecule has 2 bridgehead atoms. The summed E-state index contributed by atoms with van der Waals surface area (Å²) in [6.45, 7) is 3.66. The molecule has 0 aromatic heterocycles. The normalized spacial score (nSPS) is 33.9. The molecule has 5 heteroatoms. The lowest BCUT2D eigenvalue weighted by Crippen LogP contribution is -2.50. The van der Waals surface area contributed by atoms with Gasteiger partial charge in [-0.25, -0.2) is 0 Å². The smallest absolute Gasteiger partial charge is 0.265 e. The average molecular weight is 216 g/mol. The number of hydrogen-bond donors (Lipinski definition) is 1. The fraction of sp³-hybridized carbons (Fsp3) is 0.667. The van der Waals surface area contributed by atoms with Crippen LogP contribution >= 0.6 is 0 Å². The van der Waals surface area contributed by atoms with E-state index >= 15 is 0 Å². The zero-order chi connectivity index (χ0) is 10.8. The molecule has 1 saturated carbocycles. The van der Waals surface area contributed by atoms with E-state index in [9.17, 15) is 13.2 Å². The minimum Gasteiger partial charge on any atom is -0.294 e. The van der Waals surface area contributed by atoms with Crippen LogP contribution in [0.4, 0.5) is 0 Å². The van der Waals surface area contributed by atoms with Gasteiger partial charge in [0.15, 0.2) is 5.78 Å². The lowest BCUT2D eigenvalue weighted by molar-refractivity contribution is -0.132. The molecule has 14 heavy (non-hydrogen) atoms. The highest BCUT2D eigenvalue weighted by Gasteiger charge is 2.65. The Hall–Kier alpha value is -0.680. The second-order valence-corrected chi connectivity index (χ2v) is 6.16. The maximum Gasteiger partial charge on any atom is 0.265 e. The molecule has 0 aromatic carbocycles. The second-order valence-electron chi connectivity index (χ2n) is 4.71. The van der Waals surface area contributed by atoms with Crippen molar-refractivity contribution in [3.63, 3.8) is 0 Å². The van der Waals surface area contributed by atoms with Gasteiger partial charge in [-0.05, 0) is 17.4 Å². The molecule has 0 aromatic rings. The Balaban J connectivity index is 2.40. The number of carbonyl (C=O) groups is 1. The summed E-state index contributed by atoms with van der Waals surface area (Å²) in [5.41, 5.74) is -0.635. The summed E-state index contributed by atoms with van der Waals surface area (Å²) in [6.07, 6.45) is 2.30. The third-order valence-electron chi connectivity index (χ3n) is 3.42. The zero-order valence-electron chi connectivity index (χ0n) is 8.07. The molecule has 0 heterocycles. The largest absolute Gasteiger partial charge is 0.294 e. The summed E-state index contributed by atoms with van der Waals surface area (Å²) in [7, 11) is -4.09. The molecule has 0 spiro atoms. The van der Waals surface area contributed by atoms with E-state index in [2.05, 4.69) is 0 Å². The minimum absolute atomic E-state index is 0.111. The van der Waals surface area contributed by atoms with Gasteiger partial charge >= 0.3 is 0 Å². The first-order valence-corrected chi connectivity index (χ1v) is 6.01. The van der Waals surface area contributed by atoms with Crippen molar-refractivity contribution < 1.29 is 17.8 Å². The monoisotopic (exact) mass is 216 g/mol. The molecule has 0 aliphatic heterocycles. The number of rotatable bonds is 2. The van der Waals surface area contributed by atoms with E-state index in [1.807, 2.05) is 19.9 Å². The second kappa shape index (κ2) is 2.28. The molecule has 0 amide bonds. The van der Waals surface area contributed by atoms with Crippen LogP contribution in [0.25, 0.3) is 0 Å². The number of ketones is 1. The lowest BCUT2D eigenvalue weighted by Gasteiger charge is -2.42. The van der Waals surface area contributed by atoms with Crippen molar-refractivity contribution in [1.82, 2.24) is 0 Å². The Kier molecular flexibility index (Phi) is 1.60. The van der Waals surface area contributed by atoms with Crippen LogP contribution in [0.3, 0.4) is 0 Å². The third kappa shape index (κ3) is 1.02. The zero-order valence-corrected chi connectivity index (χ0v) is 8.89. The summed E-state index contributed by atoms with van der Waals surface area (Å²) in [5, 5.41) is 0. The van der Waals surface area contributed by atoms with Crippen LogP contribution < -0.4 is 0 Å². The first kappa shape index (κ1) is 9.86. The van der Waals surface area contributed by atoms with E-state index in [1.165, 1.54) is 0 Å². The van der Waals surface area contributed by atoms with E-state index in [1.54, 1.807) is 0 Å². The fourth-order valence-corrected chi connectivity index (χ4v) is 3.74. The summed E-state index contributed by atoms with van der Waals surface area (Å²) < 4.78 is 30.5. The van der Waals surface area contributed by atoms with Gasteiger partial charge in [-0.1, -0.05) is 19.9 Å². The quantitative estimate of drug-likeness (QED) is 0.693. The van der Waals surface area contributed by atoms with Crippen LogP contribution in [-0.4, -0.2) is 24.5 Å². The highest BCUT2D eigenvalue weighted by Crippen LogP contribution is 2.62. The van der Waals surface area contributed by atoms with Crippen molar-refractivity contribution >= 4 is 15.9 Å². The van der Waals surface area contributed by atoms with E-state index < -0.39 is 26.7 Å². The van der Waals surface area contributed by atoms with Gasteiger partial charge in [0.1, 0.15) is 0 Å². The molecule has 3 rings (SSSR count). The summed E-state index contributed by atoms with van der Waals surface area (Å²) in [5.74, 6) is -0.564. The van der Waals surface area contributed by atoms with E-state index in [0.29, 0.717) is 12.0 Å². The number of Topliss-reactive ketones (excluding diaryl/α,β-unsaturated/α-hetero) is 1. The van der Waals surface area contributed by atoms with E-state index in [4.69, 9.17) is 4.55 Å². The third-order valence-corrected chi connectivity index (χ3v) is 4.27. The Labute approximate surface area is 82.7 Å². The van der Waals surface area contributed by atoms with Gasteiger partial charge in [-0.2, -0.15) is 8.42 Å². The van der Waals surface area contributed by atoms with Gasteiger partial charge in [0, 0.05) is 0 Å². The number of carbonyl (C=O) groups excluding carboxylic acids is 1. The molecule has 78 valence electrons. The SMILES string of the molecule is CC1(C)C=C2CC1(CS(=O)(=O)O)C2=O. The highest BCUT2D eigenvalue weighted by atomic mass is 32.2. The molecule has 1 unspecified atom stereocenters. The molecule has 1 N–H and O–H groups in total. The molecule has 3 aliphatic carbocycles. The summed E-state index contributed by atoms with van der Waals surface area (Å²) >= 11 is 0. The highest BCUT2D eigenvalue weighted by molar-refractivity contribution is 7.85. The van der Waals surface area contributed by atoms with Crippen LogP contribution in [0.1, 0.15) is 20.3 Å². The van der Waals surface area contributed by atoms with Crippen LogP contribution in [-0.2, 0) is 14.9 Å². The average Bonchev–Trinajstić information content (AvgIpc) is 2.30. The van der Waals surface area contributed by atoms with Crippen LogP contribution in [0, 0.1) is 10.8 Å². The number of allylic oxidation sites excluding steroid dienone is 2. The van der Waals surface area contributed by atoms with Crippen LogP contribution in [0.5, 0.6) is 0 Å². The van der Waals surface area contributed by atoms with Crippen molar-refractivity contribution in [3.8, 4) is 0 Å². The van der Waals surface area contributed by atoms with Gasteiger partial charge in [0.05, 0.1) is 11.2 Å². The van der Waals surface area contributed by atoms with Gasteiger partial charge < -0.3 is 0 Å². The molecule has 1 fully saturated rings. The van der Waals surface area contributed by atoms with Crippen LogP contribution in [0.2, 0.25) is 0 Å². The van der Waals surface area contributed by atoms with Gasteiger partial charge in [0.25, 0.3) is 10.1 Å². The predicted octanol–water partition coefficient (Wildman–Crippen LogP) is 0.800. The molecular weight excluding hydrogens is 204 g/mol. The first-order chi connectivity index (χ1) is 6.18. The fourth-order valence-electron chi connectivity index (χ4n) is 2.51.